The molecule has 0 bridgehead atoms. The molecule has 0 spiro atoms. The lowest BCUT2D eigenvalue weighted by Crippen LogP contribution is -2.09. The van der Waals surface area contributed by atoms with Gasteiger partial charge in [-0.3, -0.25) is 4.21 Å². The second kappa shape index (κ2) is 6.74. The first-order valence-electron chi connectivity index (χ1n) is 6.21. The Morgan fingerprint density at radius 2 is 1.70 bits per heavy atom. The second-order valence-electron chi connectivity index (χ2n) is 4.43. The van der Waals surface area contributed by atoms with Crippen LogP contribution in [0.5, 0.6) is 0 Å². The number of halogens is 1. The Hall–Kier alpha value is -1.56. The van der Waals surface area contributed by atoms with Crippen LogP contribution in [0.2, 0.25) is 0 Å². The predicted molar refractivity (Wildman–Crippen MR) is 77.0 cm³/mol. The zero-order chi connectivity index (χ0) is 14.5. The third-order valence-corrected chi connectivity index (χ3v) is 4.40. The van der Waals surface area contributed by atoms with E-state index in [2.05, 4.69) is 0 Å². The Morgan fingerprint density at radius 3 is 2.25 bits per heavy atom. The fraction of sp³-hybridized carbons (Fsp3) is 0.200. The van der Waals surface area contributed by atoms with Gasteiger partial charge in [-0.15, -0.1) is 0 Å². The molecule has 20 heavy (non-hydrogen) atoms. The van der Waals surface area contributed by atoms with Gasteiger partial charge in [0.05, 0.1) is 22.7 Å². The van der Waals surface area contributed by atoms with E-state index in [9.17, 15) is 13.7 Å². The smallest absolute Gasteiger partial charge is 0.123 e. The molecule has 2 rings (SSSR count). The van der Waals surface area contributed by atoms with Crippen LogP contribution in [0.25, 0.3) is 0 Å². The summed E-state index contributed by atoms with van der Waals surface area (Å²) >= 11 is 0. The summed E-state index contributed by atoms with van der Waals surface area (Å²) in [6.45, 7) is 0.442. The monoisotopic (exact) mass is 293 g/mol. The average molecular weight is 293 g/mol. The molecule has 3 nitrogen and oxygen atoms in total. The third kappa shape index (κ3) is 3.72. The minimum Gasteiger partial charge on any atom is -0.387 e. The molecule has 0 amide bonds. The lowest BCUT2D eigenvalue weighted by atomic mass is 10.1. The summed E-state index contributed by atoms with van der Waals surface area (Å²) in [6.07, 6.45) is -0.826. The molecule has 0 fully saturated rings. The first kappa shape index (κ1) is 14.8. The molecule has 3 N–H and O–H groups in total. The normalized spacial score (nSPS) is 13.9. The molecule has 0 saturated heterocycles. The Kier molecular flexibility index (Phi) is 5.00. The van der Waals surface area contributed by atoms with Crippen LogP contribution >= 0.6 is 0 Å². The molecule has 2 unspecified atom stereocenters. The van der Waals surface area contributed by atoms with Gasteiger partial charge >= 0.3 is 0 Å². The van der Waals surface area contributed by atoms with Crippen molar-refractivity contribution in [2.24, 2.45) is 5.73 Å². The van der Waals surface area contributed by atoms with Gasteiger partial charge in [-0.2, -0.15) is 0 Å². The molecule has 0 aliphatic heterocycles. The summed E-state index contributed by atoms with van der Waals surface area (Å²) in [5, 5.41) is 10.1. The van der Waals surface area contributed by atoms with Crippen molar-refractivity contribution in [1.82, 2.24) is 0 Å². The fourth-order valence-electron chi connectivity index (χ4n) is 1.80. The third-order valence-electron chi connectivity index (χ3n) is 2.99. The SMILES string of the molecule is NCc1ccc(C(O)CS(=O)c2ccc(F)cc2)cc1. The van der Waals surface area contributed by atoms with Crippen molar-refractivity contribution in [2.45, 2.75) is 17.5 Å². The van der Waals surface area contributed by atoms with Gasteiger partial charge in [0.25, 0.3) is 0 Å². The van der Waals surface area contributed by atoms with Gasteiger partial charge in [0, 0.05) is 11.4 Å². The summed E-state index contributed by atoms with van der Waals surface area (Å²) in [4.78, 5) is 0.504. The zero-order valence-corrected chi connectivity index (χ0v) is 11.6. The average Bonchev–Trinajstić information content (AvgIpc) is 2.48. The van der Waals surface area contributed by atoms with Crippen molar-refractivity contribution in [3.8, 4) is 0 Å². The molecule has 0 saturated carbocycles. The van der Waals surface area contributed by atoms with Crippen molar-refractivity contribution < 1.29 is 13.7 Å². The standard InChI is InChI=1S/C15H16FNO2S/c16-13-5-7-14(8-6-13)20(19)10-15(18)12-3-1-11(9-17)2-4-12/h1-8,15,18H,9-10,17H2. The highest BCUT2D eigenvalue weighted by molar-refractivity contribution is 7.85. The van der Waals surface area contributed by atoms with E-state index in [1.54, 1.807) is 12.1 Å². The Labute approximate surface area is 119 Å². The largest absolute Gasteiger partial charge is 0.387 e. The minimum absolute atomic E-state index is 0.0770. The number of rotatable bonds is 5. The summed E-state index contributed by atoms with van der Waals surface area (Å²) < 4.78 is 24.9. The van der Waals surface area contributed by atoms with Crippen LogP contribution in [0.3, 0.4) is 0 Å². The van der Waals surface area contributed by atoms with Crippen LogP contribution in [0.4, 0.5) is 4.39 Å². The lowest BCUT2D eigenvalue weighted by molar-refractivity contribution is 0.203. The molecule has 5 heteroatoms. The van der Waals surface area contributed by atoms with Gasteiger partial charge in [-0.25, -0.2) is 4.39 Å². The number of hydrogen-bond acceptors (Lipinski definition) is 3. The van der Waals surface area contributed by atoms with E-state index >= 15 is 0 Å². The highest BCUT2D eigenvalue weighted by atomic mass is 32.2. The number of nitrogens with two attached hydrogens (primary N) is 1. The van der Waals surface area contributed by atoms with Crippen LogP contribution in [0.1, 0.15) is 17.2 Å². The van der Waals surface area contributed by atoms with Crippen LogP contribution in [0, 0.1) is 5.82 Å². The maximum Gasteiger partial charge on any atom is 0.123 e. The van der Waals surface area contributed by atoms with Gasteiger partial charge in [0.1, 0.15) is 5.82 Å². The number of hydrogen-bond donors (Lipinski definition) is 2. The maximum atomic E-state index is 12.8. The van der Waals surface area contributed by atoms with E-state index in [1.165, 1.54) is 24.3 Å². The molecule has 2 atom stereocenters. The van der Waals surface area contributed by atoms with Gasteiger partial charge < -0.3 is 10.8 Å². The van der Waals surface area contributed by atoms with Crippen molar-refractivity contribution in [2.75, 3.05) is 5.75 Å². The molecule has 106 valence electrons. The topological polar surface area (TPSA) is 63.3 Å². The van der Waals surface area contributed by atoms with Crippen molar-refractivity contribution in [3.63, 3.8) is 0 Å². The summed E-state index contributed by atoms with van der Waals surface area (Å²) in [7, 11) is -1.37. The molecule has 2 aromatic carbocycles. The Bertz CT molecular complexity index is 584. The number of aliphatic hydroxyl groups excluding tert-OH is 1. The van der Waals surface area contributed by atoms with Gasteiger partial charge in [0.2, 0.25) is 0 Å². The summed E-state index contributed by atoms with van der Waals surface area (Å²) in [6, 6.07) is 12.7. The molecule has 0 radical (unpaired) electrons. The fourth-order valence-corrected chi connectivity index (χ4v) is 2.91. The van der Waals surface area contributed by atoms with E-state index in [4.69, 9.17) is 5.73 Å². The van der Waals surface area contributed by atoms with E-state index in [0.717, 1.165) is 5.56 Å². The first-order chi connectivity index (χ1) is 9.60. The molecule has 0 heterocycles. The minimum atomic E-state index is -1.37. The van der Waals surface area contributed by atoms with Gasteiger partial charge in [-0.05, 0) is 35.4 Å². The van der Waals surface area contributed by atoms with E-state index in [0.29, 0.717) is 17.0 Å². The van der Waals surface area contributed by atoms with Crippen molar-refractivity contribution in [1.29, 1.82) is 0 Å². The van der Waals surface area contributed by atoms with Gasteiger partial charge in [-0.1, -0.05) is 24.3 Å². The second-order valence-corrected chi connectivity index (χ2v) is 5.92. The zero-order valence-electron chi connectivity index (χ0n) is 10.8. The van der Waals surface area contributed by atoms with E-state index in [1.807, 2.05) is 12.1 Å². The van der Waals surface area contributed by atoms with Crippen LogP contribution < -0.4 is 5.73 Å². The highest BCUT2D eigenvalue weighted by Crippen LogP contribution is 2.18. The van der Waals surface area contributed by atoms with Gasteiger partial charge in [0.15, 0.2) is 0 Å². The van der Waals surface area contributed by atoms with Crippen LogP contribution in [-0.2, 0) is 17.3 Å². The molecular formula is C15H16FNO2S. The van der Waals surface area contributed by atoms with Crippen molar-refractivity contribution >= 4 is 10.8 Å². The van der Waals surface area contributed by atoms with Crippen LogP contribution in [0.15, 0.2) is 53.4 Å². The first-order valence-corrected chi connectivity index (χ1v) is 7.53. The molecule has 2 aromatic rings. The lowest BCUT2D eigenvalue weighted by Gasteiger charge is -2.11. The Morgan fingerprint density at radius 1 is 1.10 bits per heavy atom. The molecule has 0 aliphatic rings. The van der Waals surface area contributed by atoms with E-state index < -0.39 is 16.9 Å². The molecule has 0 aliphatic carbocycles. The number of benzene rings is 2. The maximum absolute atomic E-state index is 12.8. The molecule has 0 aromatic heterocycles. The quantitative estimate of drug-likeness (QED) is 0.887. The van der Waals surface area contributed by atoms with E-state index in [-0.39, 0.29) is 11.6 Å². The predicted octanol–water partition coefficient (Wildman–Crippen LogP) is 2.13. The van der Waals surface area contributed by atoms with Crippen LogP contribution in [-0.4, -0.2) is 15.1 Å². The highest BCUT2D eigenvalue weighted by Gasteiger charge is 2.13. The summed E-state index contributed by atoms with van der Waals surface area (Å²) in [5.41, 5.74) is 7.17. The Balaban J connectivity index is 2.04. The number of aliphatic hydroxyl groups is 1. The summed E-state index contributed by atoms with van der Waals surface area (Å²) in [5.74, 6) is -0.295. The van der Waals surface area contributed by atoms with Crippen molar-refractivity contribution in [3.05, 3.63) is 65.5 Å². The molecular weight excluding hydrogens is 277 g/mol.